The van der Waals surface area contributed by atoms with Crippen LogP contribution in [0.25, 0.3) is 11.0 Å². The van der Waals surface area contributed by atoms with E-state index in [1.54, 1.807) is 12.0 Å². The summed E-state index contributed by atoms with van der Waals surface area (Å²) in [5, 5.41) is 2.91. The molecule has 0 saturated carbocycles. The van der Waals surface area contributed by atoms with E-state index in [9.17, 15) is 9.59 Å². The smallest absolute Gasteiger partial charge is 0.229 e. The van der Waals surface area contributed by atoms with Crippen LogP contribution in [0.5, 0.6) is 11.5 Å². The van der Waals surface area contributed by atoms with Crippen LogP contribution in [0.2, 0.25) is 0 Å². The molecule has 8 nitrogen and oxygen atoms in total. The van der Waals surface area contributed by atoms with Crippen molar-refractivity contribution in [3.05, 3.63) is 48.3 Å². The Bertz CT molecular complexity index is 1080. The van der Waals surface area contributed by atoms with Gasteiger partial charge in [-0.3, -0.25) is 9.59 Å². The number of aromatic amines is 1. The van der Waals surface area contributed by atoms with Gasteiger partial charge in [-0.1, -0.05) is 12.1 Å². The number of carbonyl (C=O) groups is 2. The molecular weight excluding hydrogens is 384 g/mol. The van der Waals surface area contributed by atoms with E-state index in [0.29, 0.717) is 36.9 Å². The van der Waals surface area contributed by atoms with Crippen LogP contribution < -0.4 is 14.8 Å². The molecule has 1 aliphatic heterocycles. The maximum atomic E-state index is 12.7. The minimum atomic E-state index is -0.386. The Balaban J connectivity index is 1.31. The van der Waals surface area contributed by atoms with Gasteiger partial charge in [0.1, 0.15) is 12.4 Å². The molecule has 0 bridgehead atoms. The summed E-state index contributed by atoms with van der Waals surface area (Å²) in [6.45, 7) is 3.01. The molecule has 3 aromatic rings. The number of likely N-dealkylation sites (tertiary alicyclic amines) is 1. The number of imidazole rings is 1. The molecule has 1 fully saturated rings. The van der Waals surface area contributed by atoms with Crippen LogP contribution in [0, 0.1) is 12.8 Å². The molecule has 2 heterocycles. The van der Waals surface area contributed by atoms with Crippen LogP contribution in [-0.2, 0) is 9.59 Å². The van der Waals surface area contributed by atoms with Gasteiger partial charge in [-0.25, -0.2) is 4.98 Å². The first kappa shape index (κ1) is 19.8. The number of hydrogen-bond donors (Lipinski definition) is 2. The Labute approximate surface area is 174 Å². The molecule has 8 heteroatoms. The Morgan fingerprint density at radius 1 is 1.27 bits per heavy atom. The summed E-state index contributed by atoms with van der Waals surface area (Å²) >= 11 is 0. The van der Waals surface area contributed by atoms with Crippen LogP contribution >= 0.6 is 0 Å². The third kappa shape index (κ3) is 4.22. The molecule has 2 aromatic carbocycles. The first-order valence-electron chi connectivity index (χ1n) is 9.84. The number of carbonyl (C=O) groups excluding carboxylic acids is 2. The lowest BCUT2D eigenvalue weighted by molar-refractivity contribution is -0.128. The average Bonchev–Trinajstić information content (AvgIpc) is 3.29. The highest BCUT2D eigenvalue weighted by Crippen LogP contribution is 2.26. The fourth-order valence-corrected chi connectivity index (χ4v) is 3.63. The van der Waals surface area contributed by atoms with Gasteiger partial charge >= 0.3 is 0 Å². The first-order chi connectivity index (χ1) is 14.5. The van der Waals surface area contributed by atoms with Crippen LogP contribution in [0.15, 0.2) is 42.5 Å². The third-order valence-electron chi connectivity index (χ3n) is 5.14. The van der Waals surface area contributed by atoms with Crippen molar-refractivity contribution < 1.29 is 19.1 Å². The molecule has 0 spiro atoms. The second kappa shape index (κ2) is 8.44. The molecule has 2 N–H and O–H groups in total. The average molecular weight is 408 g/mol. The number of rotatable bonds is 7. The van der Waals surface area contributed by atoms with E-state index < -0.39 is 0 Å². The van der Waals surface area contributed by atoms with Crippen molar-refractivity contribution in [3.63, 3.8) is 0 Å². The van der Waals surface area contributed by atoms with Gasteiger partial charge in [0.05, 0.1) is 30.6 Å². The molecule has 1 saturated heterocycles. The first-order valence-corrected chi connectivity index (χ1v) is 9.84. The second-order valence-corrected chi connectivity index (χ2v) is 7.28. The van der Waals surface area contributed by atoms with E-state index in [2.05, 4.69) is 15.3 Å². The predicted molar refractivity (Wildman–Crippen MR) is 113 cm³/mol. The van der Waals surface area contributed by atoms with Crippen molar-refractivity contribution in [1.29, 1.82) is 0 Å². The summed E-state index contributed by atoms with van der Waals surface area (Å²) in [5.41, 5.74) is 2.40. The number of aromatic nitrogens is 2. The molecule has 1 aromatic heterocycles. The fraction of sp³-hybridized carbons (Fsp3) is 0.318. The Kier molecular flexibility index (Phi) is 5.56. The zero-order valence-corrected chi connectivity index (χ0v) is 17.0. The van der Waals surface area contributed by atoms with Crippen LogP contribution in [0.4, 0.5) is 5.69 Å². The number of nitrogens with one attached hydrogen (secondary N) is 2. The number of para-hydroxylation sites is 2. The van der Waals surface area contributed by atoms with E-state index in [-0.39, 0.29) is 24.2 Å². The van der Waals surface area contributed by atoms with Gasteiger partial charge in [-0.05, 0) is 37.3 Å². The Morgan fingerprint density at radius 2 is 2.07 bits per heavy atom. The number of anilines is 1. The number of fused-ring (bicyclic) bond motifs is 1. The van der Waals surface area contributed by atoms with Crippen molar-refractivity contribution in [1.82, 2.24) is 14.9 Å². The standard InChI is InChI=1S/C22H24N4O4/c1-14-23-17-8-7-16(12-18(17)24-14)25-22(28)15-11-21(27)26(13-15)9-10-30-20-6-4-3-5-19(20)29-2/h3-8,12,15H,9-11,13H2,1-2H3,(H,23,24)(H,25,28)/t15-/m1/s1. The number of H-pyrrole nitrogens is 1. The minimum absolute atomic E-state index is 0.0431. The molecule has 1 aliphatic rings. The molecule has 156 valence electrons. The number of benzene rings is 2. The lowest BCUT2D eigenvalue weighted by Crippen LogP contribution is -2.31. The van der Waals surface area contributed by atoms with Crippen LogP contribution in [-0.4, -0.2) is 53.5 Å². The zero-order chi connectivity index (χ0) is 21.1. The summed E-state index contributed by atoms with van der Waals surface area (Å²) in [7, 11) is 1.58. The van der Waals surface area contributed by atoms with E-state index in [1.807, 2.05) is 49.4 Å². The van der Waals surface area contributed by atoms with Gasteiger partial charge in [-0.2, -0.15) is 0 Å². The SMILES string of the molecule is COc1ccccc1OCCN1C[C@H](C(=O)Nc2ccc3nc(C)[nH]c3c2)CC1=O. The highest BCUT2D eigenvalue weighted by Gasteiger charge is 2.34. The van der Waals surface area contributed by atoms with E-state index in [4.69, 9.17) is 9.47 Å². The third-order valence-corrected chi connectivity index (χ3v) is 5.14. The van der Waals surface area contributed by atoms with Gasteiger partial charge < -0.3 is 24.7 Å². The van der Waals surface area contributed by atoms with Crippen LogP contribution in [0.3, 0.4) is 0 Å². The molecular formula is C22H24N4O4. The number of aryl methyl sites for hydroxylation is 1. The quantitative estimate of drug-likeness (QED) is 0.627. The lowest BCUT2D eigenvalue weighted by Gasteiger charge is -2.17. The summed E-state index contributed by atoms with van der Waals surface area (Å²) in [6.07, 6.45) is 0.200. The number of methoxy groups -OCH3 is 1. The number of ether oxygens (including phenoxy) is 2. The summed E-state index contributed by atoms with van der Waals surface area (Å²) < 4.78 is 11.0. The molecule has 0 unspecified atom stereocenters. The van der Waals surface area contributed by atoms with Gasteiger partial charge in [0, 0.05) is 18.7 Å². The molecule has 30 heavy (non-hydrogen) atoms. The molecule has 2 amide bonds. The van der Waals surface area contributed by atoms with Gasteiger partial charge in [0.2, 0.25) is 11.8 Å². The number of nitrogens with zero attached hydrogens (tertiary/aromatic N) is 2. The van der Waals surface area contributed by atoms with Crippen molar-refractivity contribution in [2.45, 2.75) is 13.3 Å². The Hall–Kier alpha value is -3.55. The molecule has 0 aliphatic carbocycles. The van der Waals surface area contributed by atoms with Crippen molar-refractivity contribution in [2.75, 3.05) is 32.1 Å². The van der Waals surface area contributed by atoms with Gasteiger partial charge in [0.15, 0.2) is 11.5 Å². The van der Waals surface area contributed by atoms with Gasteiger partial charge in [-0.15, -0.1) is 0 Å². The maximum absolute atomic E-state index is 12.7. The van der Waals surface area contributed by atoms with E-state index >= 15 is 0 Å². The second-order valence-electron chi connectivity index (χ2n) is 7.28. The monoisotopic (exact) mass is 408 g/mol. The molecule has 0 radical (unpaired) electrons. The predicted octanol–water partition coefficient (Wildman–Crippen LogP) is 2.75. The fourth-order valence-electron chi connectivity index (χ4n) is 3.63. The number of hydrogen-bond acceptors (Lipinski definition) is 5. The van der Waals surface area contributed by atoms with E-state index in [1.165, 1.54) is 0 Å². The van der Waals surface area contributed by atoms with E-state index in [0.717, 1.165) is 16.9 Å². The topological polar surface area (TPSA) is 96.6 Å². The largest absolute Gasteiger partial charge is 0.493 e. The Morgan fingerprint density at radius 3 is 2.87 bits per heavy atom. The van der Waals surface area contributed by atoms with Crippen molar-refractivity contribution in [3.8, 4) is 11.5 Å². The molecule has 4 rings (SSSR count). The summed E-state index contributed by atoms with van der Waals surface area (Å²) in [6, 6.07) is 12.9. The minimum Gasteiger partial charge on any atom is -0.493 e. The lowest BCUT2D eigenvalue weighted by atomic mass is 10.1. The zero-order valence-electron chi connectivity index (χ0n) is 17.0. The maximum Gasteiger partial charge on any atom is 0.229 e. The summed E-state index contributed by atoms with van der Waals surface area (Å²) in [5.74, 6) is 1.51. The van der Waals surface area contributed by atoms with Crippen LogP contribution in [0.1, 0.15) is 12.2 Å². The number of amides is 2. The normalized spacial score (nSPS) is 16.1. The highest BCUT2D eigenvalue weighted by atomic mass is 16.5. The van der Waals surface area contributed by atoms with Crippen molar-refractivity contribution >= 4 is 28.5 Å². The molecule has 1 atom stereocenters. The highest BCUT2D eigenvalue weighted by molar-refractivity contribution is 5.98. The summed E-state index contributed by atoms with van der Waals surface area (Å²) in [4.78, 5) is 34.2. The van der Waals surface area contributed by atoms with Gasteiger partial charge in [0.25, 0.3) is 0 Å². The van der Waals surface area contributed by atoms with Crippen molar-refractivity contribution in [2.24, 2.45) is 5.92 Å².